The van der Waals surface area contributed by atoms with Crippen LogP contribution in [-0.4, -0.2) is 38.4 Å². The van der Waals surface area contributed by atoms with Gasteiger partial charge in [-0.3, -0.25) is 4.79 Å². The first-order valence-corrected chi connectivity index (χ1v) is 5.55. The molecule has 78 valence electrons. The molecule has 0 aromatic carbocycles. The zero-order valence-electron chi connectivity index (χ0n) is 7.02. The monoisotopic (exact) mass is 228 g/mol. The highest BCUT2D eigenvalue weighted by atomic mass is 35.5. The maximum absolute atomic E-state index is 10.9. The third-order valence-electron chi connectivity index (χ3n) is 1.78. The van der Waals surface area contributed by atoms with E-state index in [1.807, 2.05) is 0 Å². The van der Waals surface area contributed by atoms with Gasteiger partial charge in [0.25, 0.3) is 0 Å². The van der Waals surface area contributed by atoms with Gasteiger partial charge in [0.1, 0.15) is 0 Å². The summed E-state index contributed by atoms with van der Waals surface area (Å²) in [6, 6.07) is -0.231. The average Bonchev–Trinajstić information content (AvgIpc) is 2.30. The van der Waals surface area contributed by atoms with Gasteiger partial charge < -0.3 is 11.1 Å². The molecule has 0 aromatic rings. The molecular weight excluding hydrogens is 216 g/mol. The maximum Gasteiger partial charge on any atom is 0.233 e. The minimum absolute atomic E-state index is 0. The number of halogens is 1. The Morgan fingerprint density at radius 3 is 2.54 bits per heavy atom. The lowest BCUT2D eigenvalue weighted by molar-refractivity contribution is -0.120. The van der Waals surface area contributed by atoms with Gasteiger partial charge in [-0.25, -0.2) is 8.42 Å². The number of amides is 1. The number of hydrogen-bond donors (Lipinski definition) is 2. The zero-order valence-corrected chi connectivity index (χ0v) is 8.66. The van der Waals surface area contributed by atoms with Crippen LogP contribution < -0.4 is 11.1 Å². The van der Waals surface area contributed by atoms with E-state index in [0.29, 0.717) is 6.42 Å². The van der Waals surface area contributed by atoms with Crippen molar-refractivity contribution in [1.82, 2.24) is 5.32 Å². The molecule has 1 aliphatic rings. The van der Waals surface area contributed by atoms with Crippen LogP contribution in [0.25, 0.3) is 0 Å². The summed E-state index contributed by atoms with van der Waals surface area (Å²) in [5.41, 5.74) is 5.06. The largest absolute Gasteiger partial charge is 0.351 e. The van der Waals surface area contributed by atoms with E-state index in [1.54, 1.807) is 0 Å². The number of hydrogen-bond acceptors (Lipinski definition) is 4. The van der Waals surface area contributed by atoms with Gasteiger partial charge in [0.05, 0.1) is 18.1 Å². The Morgan fingerprint density at radius 2 is 2.15 bits per heavy atom. The molecule has 1 unspecified atom stereocenters. The molecule has 13 heavy (non-hydrogen) atoms. The summed E-state index contributed by atoms with van der Waals surface area (Å²) in [4.78, 5) is 10.7. The van der Waals surface area contributed by atoms with Crippen LogP contribution in [0.3, 0.4) is 0 Å². The molecule has 1 heterocycles. The lowest BCUT2D eigenvalue weighted by atomic mass is 10.2. The lowest BCUT2D eigenvalue weighted by Gasteiger charge is -2.08. The summed E-state index contributed by atoms with van der Waals surface area (Å²) in [7, 11) is -2.90. The van der Waals surface area contributed by atoms with Gasteiger partial charge in [-0.05, 0) is 6.42 Å². The number of carbonyl (C=O) groups is 1. The van der Waals surface area contributed by atoms with E-state index >= 15 is 0 Å². The van der Waals surface area contributed by atoms with Crippen molar-refractivity contribution in [3.05, 3.63) is 0 Å². The number of nitrogens with one attached hydrogen (secondary N) is 1. The summed E-state index contributed by atoms with van der Waals surface area (Å²) in [6.45, 7) is -0.0868. The smallest absolute Gasteiger partial charge is 0.233 e. The average molecular weight is 229 g/mol. The molecule has 0 bridgehead atoms. The summed E-state index contributed by atoms with van der Waals surface area (Å²) >= 11 is 0. The van der Waals surface area contributed by atoms with E-state index in [-0.39, 0.29) is 42.4 Å². The van der Waals surface area contributed by atoms with Crippen LogP contribution in [0, 0.1) is 0 Å². The van der Waals surface area contributed by atoms with Crippen molar-refractivity contribution in [2.45, 2.75) is 12.5 Å². The van der Waals surface area contributed by atoms with Gasteiger partial charge >= 0.3 is 0 Å². The fourth-order valence-electron chi connectivity index (χ4n) is 1.20. The molecule has 1 atom stereocenters. The SMILES string of the molecule is Cl.NCC(=O)NC1CCS(=O)(=O)C1. The Hall–Kier alpha value is -0.330. The standard InChI is InChI=1S/C6H12N2O3S.ClH/c7-3-6(9)8-5-1-2-12(10,11)4-5;/h5H,1-4,7H2,(H,8,9);1H. The van der Waals surface area contributed by atoms with Crippen LogP contribution >= 0.6 is 12.4 Å². The molecule has 0 radical (unpaired) electrons. The highest BCUT2D eigenvalue weighted by Gasteiger charge is 2.28. The van der Waals surface area contributed by atoms with Gasteiger partial charge in [-0.2, -0.15) is 0 Å². The molecule has 5 nitrogen and oxygen atoms in total. The van der Waals surface area contributed by atoms with E-state index in [1.165, 1.54) is 0 Å². The molecule has 1 saturated heterocycles. The summed E-state index contributed by atoms with van der Waals surface area (Å²) in [5, 5.41) is 2.54. The number of sulfone groups is 1. The number of rotatable bonds is 2. The molecule has 0 aliphatic carbocycles. The molecule has 0 spiro atoms. The maximum atomic E-state index is 10.9. The second-order valence-electron chi connectivity index (χ2n) is 2.87. The summed E-state index contributed by atoms with van der Waals surface area (Å²) < 4.78 is 21.9. The first-order valence-electron chi connectivity index (χ1n) is 3.73. The van der Waals surface area contributed by atoms with Crippen LogP contribution in [0.1, 0.15) is 6.42 Å². The van der Waals surface area contributed by atoms with Gasteiger partial charge in [0, 0.05) is 6.04 Å². The molecule has 0 aromatic heterocycles. The van der Waals surface area contributed by atoms with Gasteiger partial charge in [-0.15, -0.1) is 12.4 Å². The van der Waals surface area contributed by atoms with Crippen LogP contribution in [0.15, 0.2) is 0 Å². The van der Waals surface area contributed by atoms with Crippen molar-refractivity contribution in [1.29, 1.82) is 0 Å². The second kappa shape index (κ2) is 4.78. The minimum atomic E-state index is -2.90. The van der Waals surface area contributed by atoms with E-state index in [4.69, 9.17) is 5.73 Å². The van der Waals surface area contributed by atoms with E-state index in [2.05, 4.69) is 5.32 Å². The van der Waals surface area contributed by atoms with Gasteiger partial charge in [0.2, 0.25) is 5.91 Å². The van der Waals surface area contributed by atoms with Crippen LogP contribution in [0.5, 0.6) is 0 Å². The lowest BCUT2D eigenvalue weighted by Crippen LogP contribution is -2.39. The molecule has 3 N–H and O–H groups in total. The molecule has 0 saturated carbocycles. The predicted octanol–water partition coefficient (Wildman–Crippen LogP) is -1.33. The Labute approximate surface area is 83.4 Å². The number of nitrogens with two attached hydrogens (primary N) is 1. The second-order valence-corrected chi connectivity index (χ2v) is 5.10. The molecule has 1 fully saturated rings. The van der Waals surface area contributed by atoms with Crippen LogP contribution in [-0.2, 0) is 14.6 Å². The van der Waals surface area contributed by atoms with Gasteiger partial charge in [0.15, 0.2) is 9.84 Å². The highest BCUT2D eigenvalue weighted by Crippen LogP contribution is 2.10. The molecule has 1 rings (SSSR count). The fraction of sp³-hybridized carbons (Fsp3) is 0.833. The number of carbonyl (C=O) groups excluding carboxylic acids is 1. The van der Waals surface area contributed by atoms with Crippen molar-refractivity contribution < 1.29 is 13.2 Å². The third kappa shape index (κ3) is 3.93. The van der Waals surface area contributed by atoms with Crippen molar-refractivity contribution in [2.24, 2.45) is 5.73 Å². The molecule has 1 amide bonds. The van der Waals surface area contributed by atoms with Crippen molar-refractivity contribution >= 4 is 28.2 Å². The van der Waals surface area contributed by atoms with Crippen molar-refractivity contribution in [2.75, 3.05) is 18.1 Å². The first-order chi connectivity index (χ1) is 5.53. The van der Waals surface area contributed by atoms with Crippen molar-refractivity contribution in [3.63, 3.8) is 0 Å². The topological polar surface area (TPSA) is 89.3 Å². The summed E-state index contributed by atoms with van der Waals surface area (Å²) in [6.07, 6.45) is 0.508. The van der Waals surface area contributed by atoms with Gasteiger partial charge in [-0.1, -0.05) is 0 Å². The summed E-state index contributed by atoms with van der Waals surface area (Å²) in [5.74, 6) is -0.0709. The van der Waals surface area contributed by atoms with E-state index in [0.717, 1.165) is 0 Å². The molecule has 1 aliphatic heterocycles. The first kappa shape index (κ1) is 12.7. The minimum Gasteiger partial charge on any atom is -0.351 e. The molecule has 7 heteroatoms. The predicted molar refractivity (Wildman–Crippen MR) is 51.5 cm³/mol. The molecular formula is C6H13ClN2O3S. The van der Waals surface area contributed by atoms with Crippen LogP contribution in [0.2, 0.25) is 0 Å². The highest BCUT2D eigenvalue weighted by molar-refractivity contribution is 7.91. The fourth-order valence-corrected chi connectivity index (χ4v) is 2.87. The zero-order chi connectivity index (χ0) is 9.19. The Bertz CT molecular complexity index is 278. The Balaban J connectivity index is 0.00000144. The quantitative estimate of drug-likeness (QED) is 0.613. The van der Waals surface area contributed by atoms with Crippen molar-refractivity contribution in [3.8, 4) is 0 Å². The Morgan fingerprint density at radius 1 is 1.54 bits per heavy atom. The third-order valence-corrected chi connectivity index (χ3v) is 3.55. The van der Waals surface area contributed by atoms with E-state index < -0.39 is 9.84 Å². The van der Waals surface area contributed by atoms with Crippen LogP contribution in [0.4, 0.5) is 0 Å². The Kier molecular flexibility index (Phi) is 4.66. The van der Waals surface area contributed by atoms with E-state index in [9.17, 15) is 13.2 Å². The normalized spacial score (nSPS) is 24.8.